The molecular formula is C19H24N4O5. The Balaban J connectivity index is 1.41. The maximum atomic E-state index is 12.9. The van der Waals surface area contributed by atoms with E-state index >= 15 is 0 Å². The van der Waals surface area contributed by atoms with Crippen LogP contribution >= 0.6 is 0 Å². The fourth-order valence-electron chi connectivity index (χ4n) is 4.01. The summed E-state index contributed by atoms with van der Waals surface area (Å²) < 4.78 is 10.6. The van der Waals surface area contributed by atoms with Crippen LogP contribution in [0.15, 0.2) is 16.5 Å². The van der Waals surface area contributed by atoms with Crippen LogP contribution in [0, 0.1) is 12.8 Å². The molecule has 2 fully saturated rings. The maximum absolute atomic E-state index is 12.9. The van der Waals surface area contributed by atoms with Gasteiger partial charge in [-0.3, -0.25) is 4.79 Å². The van der Waals surface area contributed by atoms with Crippen LogP contribution < -0.4 is 4.90 Å². The third-order valence-corrected chi connectivity index (χ3v) is 5.53. The highest BCUT2D eigenvalue weighted by molar-refractivity contribution is 5.86. The van der Waals surface area contributed by atoms with Crippen LogP contribution in [0.1, 0.15) is 25.0 Å². The Kier molecular flexibility index (Phi) is 4.92. The Morgan fingerprint density at radius 2 is 2.00 bits per heavy atom. The zero-order chi connectivity index (χ0) is 19.8. The second kappa shape index (κ2) is 7.38. The number of anilines is 1. The zero-order valence-electron chi connectivity index (χ0n) is 16.0. The molecule has 0 aliphatic carbocycles. The Bertz CT molecular complexity index is 890. The van der Waals surface area contributed by atoms with Crippen molar-refractivity contribution in [1.82, 2.24) is 14.9 Å². The number of fused-ring (bicyclic) bond motifs is 1. The molecule has 9 heteroatoms. The van der Waals surface area contributed by atoms with Gasteiger partial charge in [-0.2, -0.15) is 4.98 Å². The van der Waals surface area contributed by atoms with Gasteiger partial charge in [-0.05, 0) is 31.9 Å². The number of pyridine rings is 1. The van der Waals surface area contributed by atoms with E-state index in [1.807, 2.05) is 24.0 Å². The van der Waals surface area contributed by atoms with Gasteiger partial charge in [0.15, 0.2) is 5.58 Å². The second-order valence-corrected chi connectivity index (χ2v) is 7.45. The van der Waals surface area contributed by atoms with Crippen molar-refractivity contribution < 1.29 is 23.8 Å². The lowest BCUT2D eigenvalue weighted by molar-refractivity contribution is -0.152. The number of carbonyl (C=O) groups is 2. The van der Waals surface area contributed by atoms with Crippen LogP contribution in [0.25, 0.3) is 11.2 Å². The molecule has 0 spiro atoms. The smallest absolute Gasteiger partial charge is 0.328 e. The normalized spacial score (nSPS) is 23.4. The molecule has 0 radical (unpaired) electrons. The van der Waals surface area contributed by atoms with Crippen molar-refractivity contribution in [2.24, 2.45) is 5.92 Å². The van der Waals surface area contributed by atoms with E-state index < -0.39 is 18.1 Å². The monoisotopic (exact) mass is 388 g/mol. The largest absolute Gasteiger partial charge is 0.467 e. The number of aromatic nitrogens is 2. The average Bonchev–Trinajstić information content (AvgIpc) is 3.30. The summed E-state index contributed by atoms with van der Waals surface area (Å²) in [6, 6.07) is 3.56. The van der Waals surface area contributed by atoms with Gasteiger partial charge < -0.3 is 24.1 Å². The molecule has 2 saturated heterocycles. The lowest BCUT2D eigenvalue weighted by atomic mass is 9.95. The molecule has 28 heavy (non-hydrogen) atoms. The van der Waals surface area contributed by atoms with E-state index in [1.165, 1.54) is 12.0 Å². The first-order valence-corrected chi connectivity index (χ1v) is 9.51. The summed E-state index contributed by atoms with van der Waals surface area (Å²) in [5.74, 6) is -0.767. The summed E-state index contributed by atoms with van der Waals surface area (Å²) >= 11 is 0. The Morgan fingerprint density at radius 1 is 1.25 bits per heavy atom. The summed E-state index contributed by atoms with van der Waals surface area (Å²) in [6.07, 6.45) is 0.797. The van der Waals surface area contributed by atoms with Crippen LogP contribution in [0.3, 0.4) is 0 Å². The standard InChI is InChI=1S/C19H24N4O5/c1-11-3-4-15-16(20-11)21-19(28-15)22-7-5-12(6-8-22)17(25)23-10-13(24)9-14(23)18(26)27-2/h3-4,12-14,24H,5-10H2,1-2H3/t13-,14+/m1/s1. The lowest BCUT2D eigenvalue weighted by Crippen LogP contribution is -2.47. The molecule has 1 amide bonds. The van der Waals surface area contributed by atoms with Gasteiger partial charge in [0.05, 0.1) is 13.2 Å². The summed E-state index contributed by atoms with van der Waals surface area (Å²) in [7, 11) is 1.30. The van der Waals surface area contributed by atoms with E-state index in [0.29, 0.717) is 43.2 Å². The molecule has 0 saturated carbocycles. The van der Waals surface area contributed by atoms with Crippen molar-refractivity contribution in [3.63, 3.8) is 0 Å². The highest BCUT2D eigenvalue weighted by atomic mass is 16.5. The number of rotatable bonds is 3. The van der Waals surface area contributed by atoms with E-state index in [2.05, 4.69) is 9.97 Å². The van der Waals surface area contributed by atoms with E-state index in [0.717, 1.165) is 5.69 Å². The molecule has 2 aliphatic rings. The molecule has 2 aliphatic heterocycles. The Labute approximate surface area is 162 Å². The first kappa shape index (κ1) is 18.7. The molecule has 2 atom stereocenters. The van der Waals surface area contributed by atoms with Gasteiger partial charge in [-0.25, -0.2) is 9.78 Å². The predicted molar refractivity (Wildman–Crippen MR) is 99.6 cm³/mol. The number of hydrogen-bond donors (Lipinski definition) is 1. The molecule has 1 N–H and O–H groups in total. The highest BCUT2D eigenvalue weighted by Crippen LogP contribution is 2.29. The number of methoxy groups -OCH3 is 1. The number of aryl methyl sites for hydroxylation is 1. The van der Waals surface area contributed by atoms with Crippen LogP contribution in [-0.2, 0) is 14.3 Å². The van der Waals surface area contributed by atoms with Crippen molar-refractivity contribution in [2.45, 2.75) is 38.3 Å². The van der Waals surface area contributed by atoms with E-state index in [1.54, 1.807) is 0 Å². The van der Waals surface area contributed by atoms with Crippen molar-refractivity contribution in [3.05, 3.63) is 17.8 Å². The van der Waals surface area contributed by atoms with E-state index in [-0.39, 0.29) is 24.8 Å². The lowest BCUT2D eigenvalue weighted by Gasteiger charge is -2.33. The molecule has 9 nitrogen and oxygen atoms in total. The predicted octanol–water partition coefficient (Wildman–Crippen LogP) is 0.882. The third kappa shape index (κ3) is 3.42. The number of aliphatic hydroxyl groups excluding tert-OH is 1. The van der Waals surface area contributed by atoms with Crippen LogP contribution in [0.2, 0.25) is 0 Å². The minimum Gasteiger partial charge on any atom is -0.467 e. The van der Waals surface area contributed by atoms with Crippen molar-refractivity contribution in [1.29, 1.82) is 0 Å². The molecule has 0 aromatic carbocycles. The fraction of sp³-hybridized carbons (Fsp3) is 0.579. The topological polar surface area (TPSA) is 109 Å². The van der Waals surface area contributed by atoms with Crippen molar-refractivity contribution in [3.8, 4) is 0 Å². The van der Waals surface area contributed by atoms with Gasteiger partial charge in [0.2, 0.25) is 11.6 Å². The number of amides is 1. The number of nitrogens with zero attached hydrogens (tertiary/aromatic N) is 4. The van der Waals surface area contributed by atoms with E-state index in [4.69, 9.17) is 9.15 Å². The van der Waals surface area contributed by atoms with Crippen molar-refractivity contribution in [2.75, 3.05) is 31.6 Å². The minimum absolute atomic E-state index is 0.0959. The maximum Gasteiger partial charge on any atom is 0.328 e. The first-order valence-electron chi connectivity index (χ1n) is 9.51. The number of β-amino-alcohol motifs (C(OH)–C–C–N with tert-alkyl or cyclic N) is 1. The SMILES string of the molecule is COC(=O)[C@@H]1C[C@@H](O)CN1C(=O)C1CCN(c2nc3nc(C)ccc3o2)CC1. The average molecular weight is 388 g/mol. The molecule has 4 rings (SSSR count). The molecule has 4 heterocycles. The fourth-order valence-corrected chi connectivity index (χ4v) is 4.01. The van der Waals surface area contributed by atoms with Gasteiger partial charge in [0.1, 0.15) is 6.04 Å². The number of oxazole rings is 1. The number of esters is 1. The van der Waals surface area contributed by atoms with Gasteiger partial charge in [0, 0.05) is 37.7 Å². The molecule has 2 aromatic heterocycles. The summed E-state index contributed by atoms with van der Waals surface area (Å²) in [5, 5.41) is 9.90. The third-order valence-electron chi connectivity index (χ3n) is 5.53. The van der Waals surface area contributed by atoms with Gasteiger partial charge in [-0.15, -0.1) is 0 Å². The summed E-state index contributed by atoms with van der Waals surface area (Å²) in [4.78, 5) is 37.2. The first-order chi connectivity index (χ1) is 13.5. The number of hydrogen-bond acceptors (Lipinski definition) is 8. The molecule has 2 aromatic rings. The molecule has 0 bridgehead atoms. The summed E-state index contributed by atoms with van der Waals surface area (Å²) in [6.45, 7) is 3.33. The Morgan fingerprint density at radius 3 is 2.71 bits per heavy atom. The number of carbonyl (C=O) groups excluding carboxylic acids is 2. The quantitative estimate of drug-likeness (QED) is 0.772. The minimum atomic E-state index is -0.697. The number of piperidine rings is 1. The van der Waals surface area contributed by atoms with E-state index in [9.17, 15) is 14.7 Å². The highest BCUT2D eigenvalue weighted by Gasteiger charge is 2.42. The van der Waals surface area contributed by atoms with Crippen molar-refractivity contribution >= 4 is 29.1 Å². The number of ether oxygens (including phenoxy) is 1. The molecular weight excluding hydrogens is 364 g/mol. The zero-order valence-corrected chi connectivity index (χ0v) is 16.0. The molecule has 150 valence electrons. The second-order valence-electron chi connectivity index (χ2n) is 7.45. The summed E-state index contributed by atoms with van der Waals surface area (Å²) in [5.41, 5.74) is 2.11. The Hall–Kier alpha value is -2.68. The van der Waals surface area contributed by atoms with Gasteiger partial charge in [0.25, 0.3) is 6.01 Å². The van der Waals surface area contributed by atoms with Crippen LogP contribution in [0.5, 0.6) is 0 Å². The van der Waals surface area contributed by atoms with Gasteiger partial charge >= 0.3 is 5.97 Å². The van der Waals surface area contributed by atoms with Gasteiger partial charge in [-0.1, -0.05) is 0 Å². The number of likely N-dealkylation sites (tertiary alicyclic amines) is 1. The van der Waals surface area contributed by atoms with Crippen LogP contribution in [-0.4, -0.2) is 70.7 Å². The van der Waals surface area contributed by atoms with Crippen LogP contribution in [0.4, 0.5) is 6.01 Å². The molecule has 0 unspecified atom stereocenters. The number of aliphatic hydroxyl groups is 1.